The molecule has 2 aromatic rings. The summed E-state index contributed by atoms with van der Waals surface area (Å²) in [7, 11) is 3.42. The number of carbonyl (C=O) groups is 2. The molecule has 2 aromatic carbocycles. The Bertz CT molecular complexity index is 1050. The van der Waals surface area contributed by atoms with Gasteiger partial charge in [0.15, 0.2) is 0 Å². The van der Waals surface area contributed by atoms with Crippen molar-refractivity contribution in [2.75, 3.05) is 33.8 Å². The van der Waals surface area contributed by atoms with Crippen molar-refractivity contribution in [3.8, 4) is 0 Å². The Morgan fingerprint density at radius 2 is 1.81 bits per heavy atom. The molecule has 3 rings (SSSR count). The van der Waals surface area contributed by atoms with Gasteiger partial charge in [-0.25, -0.2) is 4.79 Å². The SMILES string of the molecule is CN[C@@H](CNC(=O)c1cc(Cl)cc(C(OCCN(C)C(=O)O)c2cccc(Cl)c2)c1)CC1CCCCC1. The van der Waals surface area contributed by atoms with Crippen LogP contribution in [0.5, 0.6) is 0 Å². The Morgan fingerprint density at radius 1 is 1.08 bits per heavy atom. The Kier molecular flexibility index (Phi) is 11.5. The van der Waals surface area contributed by atoms with E-state index in [1.807, 2.05) is 19.2 Å². The van der Waals surface area contributed by atoms with Crippen LogP contribution in [-0.2, 0) is 4.74 Å². The maximum atomic E-state index is 13.1. The maximum absolute atomic E-state index is 13.1. The first kappa shape index (κ1) is 29.2. The van der Waals surface area contributed by atoms with Crippen LogP contribution in [0.3, 0.4) is 0 Å². The van der Waals surface area contributed by atoms with Crippen molar-refractivity contribution < 1.29 is 19.4 Å². The Balaban J connectivity index is 1.74. The van der Waals surface area contributed by atoms with Gasteiger partial charge in [-0.1, -0.05) is 67.4 Å². The molecule has 0 bridgehead atoms. The fraction of sp³-hybridized carbons (Fsp3) is 0.500. The van der Waals surface area contributed by atoms with E-state index in [1.54, 1.807) is 30.3 Å². The minimum atomic E-state index is -1.03. The highest BCUT2D eigenvalue weighted by Crippen LogP contribution is 2.31. The lowest BCUT2D eigenvalue weighted by Crippen LogP contribution is -2.40. The number of ether oxygens (including phenoxy) is 1. The molecule has 0 aliphatic heterocycles. The van der Waals surface area contributed by atoms with Crippen LogP contribution in [0.4, 0.5) is 4.79 Å². The quantitative estimate of drug-likeness (QED) is 0.302. The molecule has 1 aliphatic rings. The number of nitrogens with one attached hydrogen (secondary N) is 2. The van der Waals surface area contributed by atoms with Crippen LogP contribution in [0.25, 0.3) is 0 Å². The fourth-order valence-electron chi connectivity index (χ4n) is 4.80. The summed E-state index contributed by atoms with van der Waals surface area (Å²) < 4.78 is 6.12. The van der Waals surface area contributed by atoms with E-state index >= 15 is 0 Å². The topological polar surface area (TPSA) is 90.9 Å². The molecule has 2 amide bonds. The minimum absolute atomic E-state index is 0.152. The van der Waals surface area contributed by atoms with Gasteiger partial charge in [0.25, 0.3) is 5.91 Å². The van der Waals surface area contributed by atoms with Crippen LogP contribution in [0.15, 0.2) is 42.5 Å². The molecule has 7 nitrogen and oxygen atoms in total. The van der Waals surface area contributed by atoms with Gasteiger partial charge in [0.2, 0.25) is 0 Å². The molecule has 0 heterocycles. The molecule has 202 valence electrons. The van der Waals surface area contributed by atoms with Crippen molar-refractivity contribution >= 4 is 35.2 Å². The maximum Gasteiger partial charge on any atom is 0.407 e. The highest BCUT2D eigenvalue weighted by atomic mass is 35.5. The van der Waals surface area contributed by atoms with Crippen LogP contribution >= 0.6 is 23.2 Å². The third-order valence-corrected chi connectivity index (χ3v) is 7.39. The molecule has 1 aliphatic carbocycles. The van der Waals surface area contributed by atoms with Gasteiger partial charge < -0.3 is 25.4 Å². The molecular weight excluding hydrogens is 513 g/mol. The number of benzene rings is 2. The van der Waals surface area contributed by atoms with E-state index in [-0.39, 0.29) is 25.1 Å². The van der Waals surface area contributed by atoms with Gasteiger partial charge in [-0.05, 0) is 60.8 Å². The van der Waals surface area contributed by atoms with E-state index in [0.717, 1.165) is 16.9 Å². The first-order valence-electron chi connectivity index (χ1n) is 12.8. The normalized spacial score (nSPS) is 15.7. The molecular formula is C28H37Cl2N3O4. The van der Waals surface area contributed by atoms with E-state index in [9.17, 15) is 9.59 Å². The van der Waals surface area contributed by atoms with Crippen molar-refractivity contribution in [1.29, 1.82) is 0 Å². The predicted octanol–water partition coefficient (Wildman–Crippen LogP) is 6.00. The minimum Gasteiger partial charge on any atom is -0.465 e. The van der Waals surface area contributed by atoms with Crippen molar-refractivity contribution in [1.82, 2.24) is 15.5 Å². The first-order valence-corrected chi connectivity index (χ1v) is 13.6. The van der Waals surface area contributed by atoms with Gasteiger partial charge >= 0.3 is 6.09 Å². The molecule has 1 fully saturated rings. The van der Waals surface area contributed by atoms with Crippen molar-refractivity contribution in [2.24, 2.45) is 5.92 Å². The van der Waals surface area contributed by atoms with Gasteiger partial charge in [-0.2, -0.15) is 0 Å². The van der Waals surface area contributed by atoms with E-state index in [1.165, 1.54) is 39.2 Å². The summed E-state index contributed by atoms with van der Waals surface area (Å²) in [5, 5.41) is 16.5. The molecule has 0 radical (unpaired) electrons. The number of nitrogens with zero attached hydrogens (tertiary/aromatic N) is 1. The van der Waals surface area contributed by atoms with Crippen molar-refractivity contribution in [3.63, 3.8) is 0 Å². The lowest BCUT2D eigenvalue weighted by Gasteiger charge is -2.26. The molecule has 1 saturated carbocycles. The monoisotopic (exact) mass is 549 g/mol. The smallest absolute Gasteiger partial charge is 0.407 e. The largest absolute Gasteiger partial charge is 0.465 e. The van der Waals surface area contributed by atoms with E-state index in [0.29, 0.717) is 33.6 Å². The van der Waals surface area contributed by atoms with Crippen LogP contribution in [0.2, 0.25) is 10.0 Å². The number of likely N-dealkylation sites (N-methyl/N-ethyl adjacent to an activating group) is 2. The summed E-state index contributed by atoms with van der Waals surface area (Å²) in [4.78, 5) is 25.4. The summed E-state index contributed by atoms with van der Waals surface area (Å²) in [5.74, 6) is 0.500. The average Bonchev–Trinajstić information content (AvgIpc) is 2.88. The van der Waals surface area contributed by atoms with Crippen LogP contribution in [0, 0.1) is 5.92 Å². The molecule has 37 heavy (non-hydrogen) atoms. The zero-order valence-electron chi connectivity index (χ0n) is 21.5. The second kappa shape index (κ2) is 14.6. The third kappa shape index (κ3) is 9.18. The summed E-state index contributed by atoms with van der Waals surface area (Å²) >= 11 is 12.7. The molecule has 2 atom stereocenters. The second-order valence-corrected chi connectivity index (χ2v) is 10.6. The van der Waals surface area contributed by atoms with Gasteiger partial charge in [0.05, 0.1) is 6.61 Å². The van der Waals surface area contributed by atoms with E-state index in [4.69, 9.17) is 33.0 Å². The fourth-order valence-corrected chi connectivity index (χ4v) is 5.24. The van der Waals surface area contributed by atoms with E-state index < -0.39 is 12.2 Å². The summed E-state index contributed by atoms with van der Waals surface area (Å²) in [5.41, 5.74) is 1.90. The Morgan fingerprint density at radius 3 is 2.49 bits per heavy atom. The van der Waals surface area contributed by atoms with Crippen molar-refractivity contribution in [2.45, 2.75) is 50.7 Å². The summed E-state index contributed by atoms with van der Waals surface area (Å²) in [6.45, 7) is 0.870. The number of carboxylic acid groups (broad SMARTS) is 1. The van der Waals surface area contributed by atoms with E-state index in [2.05, 4.69) is 10.6 Å². The molecule has 9 heteroatoms. The summed E-state index contributed by atoms with van der Waals surface area (Å²) in [6.07, 6.45) is 5.86. The number of amides is 2. The molecule has 3 N–H and O–H groups in total. The first-order chi connectivity index (χ1) is 17.8. The van der Waals surface area contributed by atoms with Crippen LogP contribution < -0.4 is 10.6 Å². The third-order valence-electron chi connectivity index (χ3n) is 6.93. The summed E-state index contributed by atoms with van der Waals surface area (Å²) in [6, 6.07) is 12.6. The van der Waals surface area contributed by atoms with Gasteiger partial charge in [-0.15, -0.1) is 0 Å². The number of hydrogen-bond acceptors (Lipinski definition) is 4. The van der Waals surface area contributed by atoms with Crippen LogP contribution in [-0.4, -0.2) is 61.8 Å². The molecule has 1 unspecified atom stereocenters. The molecule has 0 saturated heterocycles. The molecule has 0 spiro atoms. The van der Waals surface area contributed by atoms with Gasteiger partial charge in [-0.3, -0.25) is 4.79 Å². The average molecular weight is 551 g/mol. The second-order valence-electron chi connectivity index (χ2n) is 9.72. The zero-order chi connectivity index (χ0) is 26.8. The standard InChI is InChI=1S/C28H37Cl2N3O4/c1-31-25(13-19-7-4-3-5-8-19)18-32-27(34)22-14-21(16-24(30)17-22)26(20-9-6-10-23(29)15-20)37-12-11-33(2)28(35)36/h6,9-10,14-17,19,25-26,31H,3-5,7-8,11-13,18H2,1-2H3,(H,32,34)(H,35,36)/t25-,26?/m1/s1. The Labute approximate surface area is 229 Å². The lowest BCUT2D eigenvalue weighted by molar-refractivity contribution is 0.0634. The molecule has 0 aromatic heterocycles. The van der Waals surface area contributed by atoms with Crippen LogP contribution in [0.1, 0.15) is 66.1 Å². The number of rotatable bonds is 12. The lowest BCUT2D eigenvalue weighted by atomic mass is 9.85. The zero-order valence-corrected chi connectivity index (χ0v) is 23.0. The number of carbonyl (C=O) groups excluding carboxylic acids is 1. The number of halogens is 2. The highest BCUT2D eigenvalue weighted by Gasteiger charge is 2.21. The number of hydrogen-bond donors (Lipinski definition) is 3. The van der Waals surface area contributed by atoms with Gasteiger partial charge in [0.1, 0.15) is 6.10 Å². The highest BCUT2D eigenvalue weighted by molar-refractivity contribution is 6.31. The predicted molar refractivity (Wildman–Crippen MR) is 148 cm³/mol. The Hall–Kier alpha value is -2.32. The van der Waals surface area contributed by atoms with Crippen molar-refractivity contribution in [3.05, 3.63) is 69.2 Å². The van der Waals surface area contributed by atoms with Gasteiger partial charge in [0, 0.05) is 41.8 Å².